The number of rotatable bonds is 6. The monoisotopic (exact) mass is 351 g/mol. The second-order valence-corrected chi connectivity index (χ2v) is 6.80. The third kappa shape index (κ3) is 4.72. The first-order valence-electron chi connectivity index (χ1n) is 9.20. The highest BCUT2D eigenvalue weighted by atomic mass is 16.5. The molecule has 0 aromatic heterocycles. The zero-order chi connectivity index (χ0) is 18.4. The number of likely N-dealkylation sites (tertiary alicyclic amines) is 1. The number of benzene rings is 2. The minimum absolute atomic E-state index is 0.0160. The van der Waals surface area contributed by atoms with Gasteiger partial charge in [0.15, 0.2) is 5.78 Å². The average molecular weight is 351 g/mol. The highest BCUT2D eigenvalue weighted by Gasteiger charge is 2.27. The van der Waals surface area contributed by atoms with Crippen LogP contribution in [-0.4, -0.2) is 36.3 Å². The van der Waals surface area contributed by atoms with Gasteiger partial charge in [0.2, 0.25) is 5.91 Å². The number of carbonyl (C=O) groups is 2. The molecule has 1 amide bonds. The zero-order valence-electron chi connectivity index (χ0n) is 15.2. The lowest BCUT2D eigenvalue weighted by Gasteiger charge is -2.31. The van der Waals surface area contributed by atoms with Gasteiger partial charge in [-0.05, 0) is 31.9 Å². The van der Waals surface area contributed by atoms with E-state index in [-0.39, 0.29) is 17.6 Å². The second kappa shape index (κ2) is 8.65. The van der Waals surface area contributed by atoms with Crippen molar-refractivity contribution in [2.24, 2.45) is 5.92 Å². The quantitative estimate of drug-likeness (QED) is 0.742. The third-order valence-corrected chi connectivity index (χ3v) is 4.88. The van der Waals surface area contributed by atoms with Gasteiger partial charge in [-0.2, -0.15) is 0 Å². The van der Waals surface area contributed by atoms with E-state index >= 15 is 0 Å². The summed E-state index contributed by atoms with van der Waals surface area (Å²) in [5.74, 6) is 1.09. The maximum Gasteiger partial charge on any atom is 0.225 e. The van der Waals surface area contributed by atoms with Crippen molar-refractivity contribution in [1.29, 1.82) is 0 Å². The number of ether oxygens (including phenoxy) is 1. The van der Waals surface area contributed by atoms with Gasteiger partial charge < -0.3 is 9.64 Å². The van der Waals surface area contributed by atoms with Crippen molar-refractivity contribution >= 4 is 11.7 Å². The Labute approximate surface area is 154 Å². The molecule has 0 aliphatic carbocycles. The molecule has 0 N–H and O–H groups in total. The first-order chi connectivity index (χ1) is 12.6. The number of carbonyl (C=O) groups excluding carboxylic acids is 2. The number of hydrogen-bond donors (Lipinski definition) is 0. The summed E-state index contributed by atoms with van der Waals surface area (Å²) in [6, 6.07) is 17.3. The van der Waals surface area contributed by atoms with Gasteiger partial charge in [-0.15, -0.1) is 0 Å². The summed E-state index contributed by atoms with van der Waals surface area (Å²) >= 11 is 0. The maximum atomic E-state index is 12.6. The number of aryl methyl sites for hydroxylation is 1. The molecule has 26 heavy (non-hydrogen) atoms. The Balaban J connectivity index is 1.43. The van der Waals surface area contributed by atoms with Gasteiger partial charge in [0.05, 0.1) is 13.0 Å². The predicted octanol–water partition coefficient (Wildman–Crippen LogP) is 3.89. The minimum atomic E-state index is 0.0160. The molecule has 2 aromatic rings. The molecule has 136 valence electrons. The van der Waals surface area contributed by atoms with Crippen LogP contribution in [-0.2, 0) is 4.79 Å². The van der Waals surface area contributed by atoms with Crippen LogP contribution in [0.15, 0.2) is 54.6 Å². The van der Waals surface area contributed by atoms with Gasteiger partial charge in [-0.1, -0.05) is 48.0 Å². The van der Waals surface area contributed by atoms with Gasteiger partial charge >= 0.3 is 0 Å². The van der Waals surface area contributed by atoms with Crippen LogP contribution in [0, 0.1) is 12.8 Å². The normalized spacial score (nSPS) is 14.9. The van der Waals surface area contributed by atoms with E-state index in [2.05, 4.69) is 0 Å². The van der Waals surface area contributed by atoms with Gasteiger partial charge in [-0.25, -0.2) is 0 Å². The van der Waals surface area contributed by atoms with Crippen LogP contribution in [0.25, 0.3) is 0 Å². The highest BCUT2D eigenvalue weighted by Crippen LogP contribution is 2.22. The Bertz CT molecular complexity index is 732. The van der Waals surface area contributed by atoms with E-state index in [1.54, 1.807) is 0 Å². The summed E-state index contributed by atoms with van der Waals surface area (Å²) in [6.07, 6.45) is 1.83. The van der Waals surface area contributed by atoms with Gasteiger partial charge in [0.25, 0.3) is 0 Å². The number of hydrogen-bond acceptors (Lipinski definition) is 3. The number of amides is 1. The van der Waals surface area contributed by atoms with Crippen molar-refractivity contribution in [3.63, 3.8) is 0 Å². The minimum Gasteiger partial charge on any atom is -0.493 e. The van der Waals surface area contributed by atoms with Crippen LogP contribution in [0.1, 0.15) is 35.2 Å². The van der Waals surface area contributed by atoms with Crippen molar-refractivity contribution in [2.45, 2.75) is 26.2 Å². The van der Waals surface area contributed by atoms with E-state index in [4.69, 9.17) is 4.74 Å². The average Bonchev–Trinajstić information content (AvgIpc) is 2.69. The SMILES string of the molecule is Cc1ccc(C(=O)C2CCN(C(=O)CCOc3ccccc3)CC2)cc1. The van der Waals surface area contributed by atoms with Crippen LogP contribution >= 0.6 is 0 Å². The zero-order valence-corrected chi connectivity index (χ0v) is 15.2. The first kappa shape index (κ1) is 18.2. The van der Waals surface area contributed by atoms with Crippen LogP contribution in [0.2, 0.25) is 0 Å². The van der Waals surface area contributed by atoms with E-state index < -0.39 is 0 Å². The lowest BCUT2D eigenvalue weighted by molar-refractivity contribution is -0.132. The molecule has 1 aliphatic rings. The summed E-state index contributed by atoms with van der Waals surface area (Å²) in [7, 11) is 0. The fourth-order valence-electron chi connectivity index (χ4n) is 3.28. The van der Waals surface area contributed by atoms with Gasteiger partial charge in [0, 0.05) is 24.6 Å². The fourth-order valence-corrected chi connectivity index (χ4v) is 3.28. The van der Waals surface area contributed by atoms with Crippen molar-refractivity contribution in [3.8, 4) is 5.75 Å². The number of nitrogens with zero attached hydrogens (tertiary/aromatic N) is 1. The topological polar surface area (TPSA) is 46.6 Å². The molecule has 1 heterocycles. The fraction of sp³-hybridized carbons (Fsp3) is 0.364. The Hall–Kier alpha value is -2.62. The first-order valence-corrected chi connectivity index (χ1v) is 9.20. The molecule has 0 unspecified atom stereocenters. The molecule has 0 bridgehead atoms. The van der Waals surface area contributed by atoms with Crippen LogP contribution in [0.4, 0.5) is 0 Å². The highest BCUT2D eigenvalue weighted by molar-refractivity contribution is 5.98. The summed E-state index contributed by atoms with van der Waals surface area (Å²) in [6.45, 7) is 3.68. The Morgan fingerprint density at radius 3 is 2.31 bits per heavy atom. The predicted molar refractivity (Wildman–Crippen MR) is 101 cm³/mol. The lowest BCUT2D eigenvalue weighted by atomic mass is 9.88. The third-order valence-electron chi connectivity index (χ3n) is 4.88. The van der Waals surface area contributed by atoms with Crippen LogP contribution in [0.5, 0.6) is 5.75 Å². The van der Waals surface area contributed by atoms with E-state index in [0.717, 1.165) is 29.7 Å². The molecular formula is C22H25NO3. The van der Waals surface area contributed by atoms with Crippen molar-refractivity contribution in [1.82, 2.24) is 4.90 Å². The number of Topliss-reactive ketones (excluding diaryl/α,β-unsaturated/α-hetero) is 1. The molecule has 1 fully saturated rings. The Morgan fingerprint density at radius 2 is 1.65 bits per heavy atom. The van der Waals surface area contributed by atoms with Gasteiger partial charge in [-0.3, -0.25) is 9.59 Å². The molecule has 0 saturated carbocycles. The van der Waals surface area contributed by atoms with E-state index in [1.165, 1.54) is 0 Å². The van der Waals surface area contributed by atoms with Gasteiger partial charge in [0.1, 0.15) is 5.75 Å². The van der Waals surface area contributed by atoms with Crippen molar-refractivity contribution in [3.05, 3.63) is 65.7 Å². The molecular weight excluding hydrogens is 326 g/mol. The number of ketones is 1. The Morgan fingerprint density at radius 1 is 1.00 bits per heavy atom. The molecule has 0 atom stereocenters. The molecule has 1 saturated heterocycles. The Kier molecular flexibility index (Phi) is 6.05. The largest absolute Gasteiger partial charge is 0.493 e. The summed E-state index contributed by atoms with van der Waals surface area (Å²) in [5.41, 5.74) is 1.93. The smallest absolute Gasteiger partial charge is 0.225 e. The molecule has 4 nitrogen and oxygen atoms in total. The standard InChI is InChI=1S/C22H25NO3/c1-17-7-9-18(10-8-17)22(25)19-11-14-23(15-12-19)21(24)13-16-26-20-5-3-2-4-6-20/h2-10,19H,11-16H2,1H3. The summed E-state index contributed by atoms with van der Waals surface area (Å²) < 4.78 is 5.59. The maximum absolute atomic E-state index is 12.6. The van der Waals surface area contributed by atoms with Crippen LogP contribution in [0.3, 0.4) is 0 Å². The summed E-state index contributed by atoms with van der Waals surface area (Å²) in [4.78, 5) is 26.8. The van der Waals surface area contributed by atoms with E-state index in [1.807, 2.05) is 66.4 Å². The second-order valence-electron chi connectivity index (χ2n) is 6.80. The lowest BCUT2D eigenvalue weighted by Crippen LogP contribution is -2.40. The van der Waals surface area contributed by atoms with Crippen molar-refractivity contribution in [2.75, 3.05) is 19.7 Å². The molecule has 3 rings (SSSR count). The number of piperidine rings is 1. The molecule has 4 heteroatoms. The number of para-hydroxylation sites is 1. The molecule has 2 aromatic carbocycles. The van der Waals surface area contributed by atoms with Crippen LogP contribution < -0.4 is 4.74 Å². The summed E-state index contributed by atoms with van der Waals surface area (Å²) in [5, 5.41) is 0. The van der Waals surface area contributed by atoms with Crippen molar-refractivity contribution < 1.29 is 14.3 Å². The molecule has 0 spiro atoms. The molecule has 0 radical (unpaired) electrons. The van der Waals surface area contributed by atoms with E-state index in [0.29, 0.717) is 26.1 Å². The van der Waals surface area contributed by atoms with E-state index in [9.17, 15) is 9.59 Å². The molecule has 1 aliphatic heterocycles.